The SMILES string of the molecule is C1=CC2(C3OCCO3)CCC1O2.C=CCN.CCN.c1coc(C2OCCO2)c1. The minimum absolute atomic E-state index is 0.152. The predicted octanol–water partition coefficient (Wildman–Crippen LogP) is 2.27. The molecule has 0 radical (unpaired) electrons. The highest BCUT2D eigenvalue weighted by Gasteiger charge is 2.50. The van der Waals surface area contributed by atoms with E-state index in [-0.39, 0.29) is 18.2 Å². The minimum atomic E-state index is -0.269. The standard InChI is InChI=1S/C9H12O3.C7H8O3.C3H7N.C2H7N/c1-3-9(4-2-7(1)12-9)8-10-5-6-11-8;1-2-6(8-3-1)7-9-4-5-10-7;1-2-3-4;1-2-3/h1,3,7-8H,2,4-6H2;1-3,7H,4-5H2;2H,1,3-4H2;2-3H2,1H3. The van der Waals surface area contributed by atoms with Crippen LogP contribution in [0.2, 0.25) is 0 Å². The molecule has 164 valence electrons. The largest absolute Gasteiger partial charge is 0.464 e. The van der Waals surface area contributed by atoms with E-state index in [2.05, 4.69) is 18.7 Å². The van der Waals surface area contributed by atoms with E-state index in [0.29, 0.717) is 39.1 Å². The molecule has 8 nitrogen and oxygen atoms in total. The van der Waals surface area contributed by atoms with Crippen LogP contribution in [-0.4, -0.2) is 57.5 Å². The van der Waals surface area contributed by atoms with Gasteiger partial charge in [0.05, 0.1) is 38.8 Å². The van der Waals surface area contributed by atoms with E-state index in [0.717, 1.165) is 25.1 Å². The van der Waals surface area contributed by atoms with Gasteiger partial charge in [-0.3, -0.25) is 0 Å². The Bertz CT molecular complexity index is 582. The molecule has 5 heterocycles. The first-order chi connectivity index (χ1) is 14.2. The van der Waals surface area contributed by atoms with Gasteiger partial charge in [0.1, 0.15) is 5.60 Å². The van der Waals surface area contributed by atoms with Gasteiger partial charge in [-0.2, -0.15) is 0 Å². The fourth-order valence-electron chi connectivity index (χ4n) is 3.14. The number of fused-ring (bicyclic) bond motifs is 2. The second kappa shape index (κ2) is 12.9. The summed E-state index contributed by atoms with van der Waals surface area (Å²) in [6.07, 6.45) is 9.54. The fourth-order valence-corrected chi connectivity index (χ4v) is 3.14. The first-order valence-electron chi connectivity index (χ1n) is 10.1. The highest BCUT2D eigenvalue weighted by atomic mass is 16.7. The third kappa shape index (κ3) is 7.04. The van der Waals surface area contributed by atoms with Crippen molar-refractivity contribution in [2.24, 2.45) is 11.5 Å². The van der Waals surface area contributed by atoms with Crippen LogP contribution in [0.3, 0.4) is 0 Å². The van der Waals surface area contributed by atoms with E-state index < -0.39 is 0 Å². The third-order valence-electron chi connectivity index (χ3n) is 4.37. The van der Waals surface area contributed by atoms with Gasteiger partial charge in [-0.25, -0.2) is 0 Å². The average molecular weight is 411 g/mol. The molecule has 29 heavy (non-hydrogen) atoms. The lowest BCUT2D eigenvalue weighted by molar-refractivity contribution is -0.164. The van der Waals surface area contributed by atoms with Crippen LogP contribution in [0.25, 0.3) is 0 Å². The van der Waals surface area contributed by atoms with E-state index in [4.69, 9.17) is 39.6 Å². The summed E-state index contributed by atoms with van der Waals surface area (Å²) in [5, 5.41) is 0. The highest BCUT2D eigenvalue weighted by Crippen LogP contribution is 2.42. The van der Waals surface area contributed by atoms with Crippen molar-refractivity contribution in [2.45, 2.75) is 44.1 Å². The average Bonchev–Trinajstić information content (AvgIpc) is 3.58. The van der Waals surface area contributed by atoms with E-state index >= 15 is 0 Å². The van der Waals surface area contributed by atoms with Crippen molar-refractivity contribution in [1.82, 2.24) is 0 Å². The van der Waals surface area contributed by atoms with Crippen LogP contribution in [0.5, 0.6) is 0 Å². The molecule has 4 aliphatic heterocycles. The van der Waals surface area contributed by atoms with E-state index in [1.165, 1.54) is 0 Å². The zero-order valence-electron chi connectivity index (χ0n) is 17.2. The number of ether oxygens (including phenoxy) is 5. The van der Waals surface area contributed by atoms with E-state index in [9.17, 15) is 0 Å². The van der Waals surface area contributed by atoms with Crippen molar-refractivity contribution in [3.05, 3.63) is 49.0 Å². The lowest BCUT2D eigenvalue weighted by Gasteiger charge is -2.27. The van der Waals surface area contributed by atoms with E-state index in [1.807, 2.05) is 19.1 Å². The highest BCUT2D eigenvalue weighted by molar-refractivity contribution is 5.18. The number of hydrogen-bond donors (Lipinski definition) is 2. The summed E-state index contributed by atoms with van der Waals surface area (Å²) in [6.45, 7) is 9.31. The molecular weight excluding hydrogens is 376 g/mol. The van der Waals surface area contributed by atoms with Gasteiger partial charge in [0, 0.05) is 6.54 Å². The zero-order chi connectivity index (χ0) is 21.0. The summed E-state index contributed by atoms with van der Waals surface area (Å²) in [6, 6.07) is 3.66. The molecule has 5 rings (SSSR count). The Morgan fingerprint density at radius 1 is 1.14 bits per heavy atom. The van der Waals surface area contributed by atoms with Crippen LogP contribution in [0.1, 0.15) is 31.8 Å². The fraction of sp³-hybridized carbons (Fsp3) is 0.619. The van der Waals surface area contributed by atoms with Gasteiger partial charge in [-0.1, -0.05) is 19.1 Å². The van der Waals surface area contributed by atoms with Crippen molar-refractivity contribution in [3.63, 3.8) is 0 Å². The Balaban J connectivity index is 0.000000160. The summed E-state index contributed by atoms with van der Waals surface area (Å²) in [4.78, 5) is 0. The number of rotatable bonds is 3. The van der Waals surface area contributed by atoms with Crippen molar-refractivity contribution >= 4 is 0 Å². The van der Waals surface area contributed by atoms with Crippen LogP contribution < -0.4 is 11.5 Å². The summed E-state index contributed by atoms with van der Waals surface area (Å²) in [7, 11) is 0. The summed E-state index contributed by atoms with van der Waals surface area (Å²) in [5.74, 6) is 0.748. The molecule has 4 aliphatic rings. The monoisotopic (exact) mass is 410 g/mol. The molecule has 1 aromatic heterocycles. The van der Waals surface area contributed by atoms with Gasteiger partial charge >= 0.3 is 0 Å². The molecule has 2 atom stereocenters. The minimum Gasteiger partial charge on any atom is -0.464 e. The lowest BCUT2D eigenvalue weighted by Crippen LogP contribution is -2.39. The number of hydrogen-bond acceptors (Lipinski definition) is 8. The quantitative estimate of drug-likeness (QED) is 0.730. The second-order valence-electron chi connectivity index (χ2n) is 6.60. The molecule has 2 unspecified atom stereocenters. The first-order valence-corrected chi connectivity index (χ1v) is 10.1. The summed E-state index contributed by atoms with van der Waals surface area (Å²) in [5.41, 5.74) is 9.52. The molecule has 1 aromatic rings. The molecule has 3 fully saturated rings. The summed E-state index contributed by atoms with van der Waals surface area (Å²) >= 11 is 0. The molecule has 8 heteroatoms. The van der Waals surface area contributed by atoms with Gasteiger partial charge in [0.15, 0.2) is 12.1 Å². The number of nitrogens with two attached hydrogens (primary N) is 2. The maximum Gasteiger partial charge on any atom is 0.217 e. The van der Waals surface area contributed by atoms with Crippen LogP contribution >= 0.6 is 0 Å². The van der Waals surface area contributed by atoms with Crippen molar-refractivity contribution in [3.8, 4) is 0 Å². The van der Waals surface area contributed by atoms with E-state index in [1.54, 1.807) is 12.3 Å². The van der Waals surface area contributed by atoms with Crippen LogP contribution in [0.4, 0.5) is 0 Å². The zero-order valence-corrected chi connectivity index (χ0v) is 17.2. The maximum absolute atomic E-state index is 5.78. The Morgan fingerprint density at radius 2 is 1.76 bits per heavy atom. The normalized spacial score (nSPS) is 27.5. The number of furan rings is 1. The Morgan fingerprint density at radius 3 is 2.17 bits per heavy atom. The maximum atomic E-state index is 5.78. The molecule has 4 N–H and O–H groups in total. The van der Waals surface area contributed by atoms with Crippen LogP contribution in [0, 0.1) is 0 Å². The molecule has 0 saturated carbocycles. The van der Waals surface area contributed by atoms with Gasteiger partial charge < -0.3 is 39.6 Å². The first kappa shape index (κ1) is 23.8. The predicted molar refractivity (Wildman–Crippen MR) is 109 cm³/mol. The molecule has 3 saturated heterocycles. The molecule has 0 aliphatic carbocycles. The van der Waals surface area contributed by atoms with Crippen molar-refractivity contribution in [1.29, 1.82) is 0 Å². The molecule has 0 aromatic carbocycles. The van der Waals surface area contributed by atoms with Crippen LogP contribution in [0.15, 0.2) is 47.6 Å². The molecule has 0 spiro atoms. The second-order valence-corrected chi connectivity index (χ2v) is 6.60. The van der Waals surface area contributed by atoms with Gasteiger partial charge in [-0.15, -0.1) is 6.58 Å². The molecule has 0 amide bonds. The van der Waals surface area contributed by atoms with Crippen molar-refractivity contribution < 1.29 is 28.1 Å². The Hall–Kier alpha value is -1.52. The topological polar surface area (TPSA) is 111 Å². The Labute approximate surface area is 172 Å². The lowest BCUT2D eigenvalue weighted by atomic mass is 9.94. The third-order valence-corrected chi connectivity index (χ3v) is 4.37. The summed E-state index contributed by atoms with van der Waals surface area (Å²) < 4.78 is 32.1. The van der Waals surface area contributed by atoms with Gasteiger partial charge in [-0.05, 0) is 37.6 Å². The van der Waals surface area contributed by atoms with Crippen molar-refractivity contribution in [2.75, 3.05) is 39.5 Å². The smallest absolute Gasteiger partial charge is 0.217 e. The Kier molecular flexibility index (Phi) is 10.6. The van der Waals surface area contributed by atoms with Gasteiger partial charge in [0.2, 0.25) is 6.29 Å². The van der Waals surface area contributed by atoms with Gasteiger partial charge in [0.25, 0.3) is 0 Å². The molecule has 2 bridgehead atoms. The van der Waals surface area contributed by atoms with Crippen LogP contribution in [-0.2, 0) is 23.7 Å². The molecular formula is C21H34N2O6.